The van der Waals surface area contributed by atoms with Crippen LogP contribution in [0.2, 0.25) is 0 Å². The van der Waals surface area contributed by atoms with Gasteiger partial charge in [0, 0.05) is 29.5 Å². The number of Topliss-reactive ketones (excluding diaryl/α,β-unsaturated/α-hetero) is 1. The molecular weight excluding hydrogens is 420 g/mol. The van der Waals surface area contributed by atoms with Crippen molar-refractivity contribution in [3.63, 3.8) is 0 Å². The molecule has 0 saturated carbocycles. The van der Waals surface area contributed by atoms with E-state index in [1.54, 1.807) is 26.0 Å². The van der Waals surface area contributed by atoms with Crippen LogP contribution in [-0.4, -0.2) is 18.4 Å². The topological polar surface area (TPSA) is 77.8 Å². The Morgan fingerprint density at radius 3 is 2.78 bits per heavy atom. The van der Waals surface area contributed by atoms with Gasteiger partial charge in [-0.25, -0.2) is 13.6 Å². The highest BCUT2D eigenvalue weighted by atomic mass is 19.1. The number of benzene rings is 1. The number of esters is 1. The minimum absolute atomic E-state index is 0.0411. The van der Waals surface area contributed by atoms with Gasteiger partial charge in [0.05, 0.1) is 18.1 Å². The molecule has 168 valence electrons. The van der Waals surface area contributed by atoms with Gasteiger partial charge in [-0.1, -0.05) is 0 Å². The molecule has 0 spiro atoms. The summed E-state index contributed by atoms with van der Waals surface area (Å²) < 4.78 is 43.5. The maximum Gasteiger partial charge on any atom is 0.336 e. The summed E-state index contributed by atoms with van der Waals surface area (Å²) in [6.45, 7) is 3.58. The van der Waals surface area contributed by atoms with Crippen LogP contribution >= 0.6 is 0 Å². The number of halogens is 2. The smallest absolute Gasteiger partial charge is 0.336 e. The number of ether oxygens (including phenoxy) is 2. The van der Waals surface area contributed by atoms with Gasteiger partial charge in [-0.05, 0) is 51.0 Å². The molecule has 1 aliphatic carbocycles. The second-order valence-electron chi connectivity index (χ2n) is 7.65. The number of allylic oxidation sites excluding steroid dienone is 3. The maximum atomic E-state index is 13.8. The van der Waals surface area contributed by atoms with Gasteiger partial charge < -0.3 is 19.2 Å². The lowest BCUT2D eigenvalue weighted by molar-refractivity contribution is -0.138. The van der Waals surface area contributed by atoms with Crippen molar-refractivity contribution in [1.29, 1.82) is 0 Å². The first-order chi connectivity index (χ1) is 15.4. The molecule has 2 aliphatic rings. The predicted molar refractivity (Wildman–Crippen MR) is 110 cm³/mol. The van der Waals surface area contributed by atoms with Crippen LogP contribution in [0, 0.1) is 11.6 Å². The van der Waals surface area contributed by atoms with Gasteiger partial charge in [0.15, 0.2) is 17.3 Å². The average molecular weight is 443 g/mol. The Balaban J connectivity index is 1.65. The molecule has 0 saturated heterocycles. The van der Waals surface area contributed by atoms with Gasteiger partial charge in [0.25, 0.3) is 0 Å². The van der Waals surface area contributed by atoms with E-state index in [0.717, 1.165) is 24.3 Å². The zero-order chi connectivity index (χ0) is 22.8. The lowest BCUT2D eigenvalue weighted by Crippen LogP contribution is -2.34. The fourth-order valence-electron chi connectivity index (χ4n) is 4.12. The number of rotatable bonds is 6. The van der Waals surface area contributed by atoms with Crippen LogP contribution in [-0.2, 0) is 20.9 Å². The number of dihydropyridines is 1. The van der Waals surface area contributed by atoms with Crippen molar-refractivity contribution in [1.82, 2.24) is 5.32 Å². The molecule has 0 unspecified atom stereocenters. The molecule has 6 nitrogen and oxygen atoms in total. The highest BCUT2D eigenvalue weighted by Gasteiger charge is 2.40. The summed E-state index contributed by atoms with van der Waals surface area (Å²) in [5, 5.41) is 3.20. The molecule has 1 aliphatic heterocycles. The fraction of sp³-hybridized carbons (Fsp3) is 0.333. The van der Waals surface area contributed by atoms with Crippen molar-refractivity contribution >= 4 is 11.8 Å². The maximum absolute atomic E-state index is 13.8. The molecule has 0 radical (unpaired) electrons. The number of ketones is 1. The molecule has 1 aromatic carbocycles. The van der Waals surface area contributed by atoms with E-state index >= 15 is 0 Å². The molecule has 2 heterocycles. The zero-order valence-electron chi connectivity index (χ0n) is 17.8. The Morgan fingerprint density at radius 1 is 1.22 bits per heavy atom. The van der Waals surface area contributed by atoms with E-state index < -0.39 is 23.5 Å². The van der Waals surface area contributed by atoms with E-state index in [9.17, 15) is 18.4 Å². The van der Waals surface area contributed by atoms with Crippen LogP contribution in [0.25, 0.3) is 0 Å². The summed E-state index contributed by atoms with van der Waals surface area (Å²) in [5.41, 5.74) is 2.24. The largest absolute Gasteiger partial charge is 0.483 e. The first-order valence-corrected chi connectivity index (χ1v) is 10.5. The van der Waals surface area contributed by atoms with Crippen LogP contribution in [0.1, 0.15) is 50.5 Å². The Labute approximate surface area is 183 Å². The van der Waals surface area contributed by atoms with E-state index in [1.807, 2.05) is 0 Å². The number of carbonyl (C=O) groups is 2. The van der Waals surface area contributed by atoms with Crippen LogP contribution in [0.4, 0.5) is 8.78 Å². The van der Waals surface area contributed by atoms with E-state index in [-0.39, 0.29) is 24.7 Å². The van der Waals surface area contributed by atoms with Crippen molar-refractivity contribution in [3.05, 3.63) is 76.0 Å². The van der Waals surface area contributed by atoms with Gasteiger partial charge in [0.2, 0.25) is 0 Å². The third kappa shape index (κ3) is 4.17. The number of hydrogen-bond acceptors (Lipinski definition) is 6. The molecular formula is C24H23F2NO5. The van der Waals surface area contributed by atoms with E-state index in [4.69, 9.17) is 13.9 Å². The Bertz CT molecular complexity index is 1130. The summed E-state index contributed by atoms with van der Waals surface area (Å²) in [6.07, 6.45) is 1.83. The summed E-state index contributed by atoms with van der Waals surface area (Å²) in [6, 6.07) is 6.35. The third-order valence-corrected chi connectivity index (χ3v) is 5.50. The van der Waals surface area contributed by atoms with Crippen molar-refractivity contribution < 1.29 is 32.3 Å². The summed E-state index contributed by atoms with van der Waals surface area (Å²) in [5.74, 6) is -2.12. The highest BCUT2D eigenvalue weighted by molar-refractivity contribution is 6.03. The minimum atomic E-state index is -0.819. The van der Waals surface area contributed by atoms with Crippen molar-refractivity contribution in [2.75, 3.05) is 6.61 Å². The Morgan fingerprint density at radius 2 is 2.03 bits per heavy atom. The molecule has 0 amide bonds. The predicted octanol–water partition coefficient (Wildman–Crippen LogP) is 4.67. The second-order valence-corrected chi connectivity index (χ2v) is 7.65. The zero-order valence-corrected chi connectivity index (χ0v) is 17.8. The second kappa shape index (κ2) is 8.98. The van der Waals surface area contributed by atoms with Crippen LogP contribution in [0.15, 0.2) is 57.3 Å². The van der Waals surface area contributed by atoms with Crippen molar-refractivity contribution in [3.8, 4) is 5.75 Å². The third-order valence-electron chi connectivity index (χ3n) is 5.50. The first kappa shape index (κ1) is 21.8. The molecule has 1 atom stereocenters. The SMILES string of the molecule is CCOC(=O)C1=C(C)NC2=C(C(=O)CCC2)[C@@H]1c1ccc(COc2ccc(F)cc2F)o1. The van der Waals surface area contributed by atoms with Crippen LogP contribution in [0.5, 0.6) is 5.75 Å². The number of furan rings is 1. The minimum Gasteiger partial charge on any atom is -0.483 e. The summed E-state index contributed by atoms with van der Waals surface area (Å²) >= 11 is 0. The molecule has 2 aromatic rings. The first-order valence-electron chi connectivity index (χ1n) is 10.5. The van der Waals surface area contributed by atoms with Gasteiger partial charge in [0.1, 0.15) is 23.9 Å². The molecule has 0 fully saturated rings. The number of carbonyl (C=O) groups excluding carboxylic acids is 2. The van der Waals surface area contributed by atoms with Gasteiger partial charge in [-0.15, -0.1) is 0 Å². The van der Waals surface area contributed by atoms with Gasteiger partial charge in [-0.3, -0.25) is 4.79 Å². The molecule has 8 heteroatoms. The van der Waals surface area contributed by atoms with Gasteiger partial charge >= 0.3 is 5.97 Å². The molecule has 1 aromatic heterocycles. The van der Waals surface area contributed by atoms with Crippen molar-refractivity contribution in [2.24, 2.45) is 0 Å². The van der Waals surface area contributed by atoms with E-state index in [0.29, 0.717) is 41.2 Å². The van der Waals surface area contributed by atoms with Crippen LogP contribution in [0.3, 0.4) is 0 Å². The van der Waals surface area contributed by atoms with E-state index in [2.05, 4.69) is 5.32 Å². The normalized spacial score (nSPS) is 18.4. The average Bonchev–Trinajstić information content (AvgIpc) is 3.21. The lowest BCUT2D eigenvalue weighted by Gasteiger charge is -2.32. The Kier molecular flexibility index (Phi) is 6.12. The highest BCUT2D eigenvalue weighted by Crippen LogP contribution is 2.43. The standard InChI is InChI=1S/C24H23F2NO5/c1-3-30-24(29)21-13(2)27-17-5-4-6-18(28)22(17)23(21)20-10-8-15(32-20)12-31-19-9-7-14(25)11-16(19)26/h7-11,23,27H,3-6,12H2,1-2H3/t23-/m1/s1. The molecule has 32 heavy (non-hydrogen) atoms. The molecule has 1 N–H and O–H groups in total. The molecule has 0 bridgehead atoms. The van der Waals surface area contributed by atoms with E-state index in [1.165, 1.54) is 6.07 Å². The lowest BCUT2D eigenvalue weighted by atomic mass is 9.77. The van der Waals surface area contributed by atoms with Gasteiger partial charge in [-0.2, -0.15) is 0 Å². The van der Waals surface area contributed by atoms with Crippen molar-refractivity contribution in [2.45, 2.75) is 45.6 Å². The summed E-state index contributed by atoms with van der Waals surface area (Å²) in [7, 11) is 0. The number of nitrogens with one attached hydrogen (secondary N) is 1. The summed E-state index contributed by atoms with van der Waals surface area (Å²) in [4.78, 5) is 25.6. The number of hydrogen-bond donors (Lipinski definition) is 1. The molecule has 4 rings (SSSR count). The Hall–Kier alpha value is -3.42. The monoisotopic (exact) mass is 443 g/mol. The quantitative estimate of drug-likeness (QED) is 0.654. The van der Waals surface area contributed by atoms with Crippen LogP contribution < -0.4 is 10.1 Å². The fourth-order valence-corrected chi connectivity index (χ4v) is 4.12.